The average molecular weight is 368 g/mol. The Hall–Kier alpha value is -2.80. The number of aryl methyl sites for hydroxylation is 1. The molecule has 3 rings (SSSR count). The minimum Gasteiger partial charge on any atom is -0.383 e. The van der Waals surface area contributed by atoms with Gasteiger partial charge in [-0.1, -0.05) is 12.1 Å². The maximum Gasteiger partial charge on any atom is 0.251 e. The van der Waals surface area contributed by atoms with E-state index in [9.17, 15) is 9.59 Å². The molecule has 2 aromatic rings. The van der Waals surface area contributed by atoms with Crippen molar-refractivity contribution in [2.45, 2.75) is 13.3 Å². The summed E-state index contributed by atoms with van der Waals surface area (Å²) in [5.41, 5.74) is 3.13. The topological polar surface area (TPSA) is 84.4 Å². The predicted octanol–water partition coefficient (Wildman–Crippen LogP) is 1.68. The molecule has 1 N–H and O–H groups in total. The zero-order valence-electron chi connectivity index (χ0n) is 15.6. The van der Waals surface area contributed by atoms with Crippen LogP contribution >= 0.6 is 0 Å². The third kappa shape index (κ3) is 4.89. The largest absolute Gasteiger partial charge is 0.383 e. The van der Waals surface area contributed by atoms with Crippen LogP contribution in [-0.4, -0.2) is 60.3 Å². The number of hydrogen-bond donors (Lipinski definition) is 1. The molecule has 1 aliphatic heterocycles. The van der Waals surface area contributed by atoms with Crippen LogP contribution < -0.4 is 5.32 Å². The first-order chi connectivity index (χ1) is 13.1. The van der Waals surface area contributed by atoms with E-state index in [4.69, 9.17) is 4.74 Å². The minimum atomic E-state index is -0.140. The van der Waals surface area contributed by atoms with Crippen molar-refractivity contribution in [3.63, 3.8) is 0 Å². The fourth-order valence-corrected chi connectivity index (χ4v) is 3.09. The van der Waals surface area contributed by atoms with E-state index in [1.165, 1.54) is 0 Å². The number of nitrogens with one attached hydrogen (secondary N) is 1. The lowest BCUT2D eigenvalue weighted by Gasteiger charge is -2.16. The second-order valence-corrected chi connectivity index (χ2v) is 6.75. The van der Waals surface area contributed by atoms with E-state index in [-0.39, 0.29) is 17.7 Å². The number of amides is 2. The Labute approximate surface area is 158 Å². The fraction of sp³-hybridized carbons (Fsp3) is 0.400. The van der Waals surface area contributed by atoms with Crippen molar-refractivity contribution >= 4 is 11.8 Å². The van der Waals surface area contributed by atoms with Crippen molar-refractivity contribution in [1.29, 1.82) is 0 Å². The van der Waals surface area contributed by atoms with Crippen LogP contribution in [0.2, 0.25) is 0 Å². The Morgan fingerprint density at radius 2 is 2.00 bits per heavy atom. The van der Waals surface area contributed by atoms with Crippen LogP contribution in [0.5, 0.6) is 0 Å². The lowest BCUT2D eigenvalue weighted by Crippen LogP contribution is -2.32. The number of aromatic nitrogens is 2. The Bertz CT molecular complexity index is 790. The van der Waals surface area contributed by atoms with Crippen molar-refractivity contribution in [2.75, 3.05) is 33.4 Å². The fourth-order valence-electron chi connectivity index (χ4n) is 3.09. The van der Waals surface area contributed by atoms with Gasteiger partial charge in [0.25, 0.3) is 5.91 Å². The van der Waals surface area contributed by atoms with E-state index in [2.05, 4.69) is 15.5 Å². The van der Waals surface area contributed by atoms with Gasteiger partial charge in [0.05, 0.1) is 18.0 Å². The van der Waals surface area contributed by atoms with E-state index >= 15 is 0 Å². The average Bonchev–Trinajstić information content (AvgIpc) is 3.05. The summed E-state index contributed by atoms with van der Waals surface area (Å²) < 4.78 is 5.02. The number of ether oxygens (including phenoxy) is 1. The Morgan fingerprint density at radius 3 is 2.67 bits per heavy atom. The first-order valence-corrected chi connectivity index (χ1v) is 9.02. The van der Waals surface area contributed by atoms with E-state index in [1.807, 2.05) is 31.2 Å². The maximum atomic E-state index is 12.4. The normalized spacial score (nSPS) is 16.6. The monoisotopic (exact) mass is 368 g/mol. The number of nitrogens with zero attached hydrogens (tertiary/aromatic N) is 3. The summed E-state index contributed by atoms with van der Waals surface area (Å²) >= 11 is 0. The third-order valence-electron chi connectivity index (χ3n) is 4.65. The standard InChI is InChI=1S/C20H24N4O3/c1-14-3-8-18(23-22-14)16-4-6-17(7-5-16)20(26)21-12-15-11-19(25)24(13-15)9-10-27-2/h3-8,15H,9-13H2,1-2H3,(H,21,26). The van der Waals surface area contributed by atoms with Gasteiger partial charge in [-0.2, -0.15) is 10.2 Å². The van der Waals surface area contributed by atoms with Crippen LogP contribution in [0.4, 0.5) is 0 Å². The summed E-state index contributed by atoms with van der Waals surface area (Å²) in [5, 5.41) is 11.1. The highest BCUT2D eigenvalue weighted by atomic mass is 16.5. The molecule has 7 heteroatoms. The van der Waals surface area contributed by atoms with Crippen molar-refractivity contribution in [3.8, 4) is 11.3 Å². The highest BCUT2D eigenvalue weighted by molar-refractivity contribution is 5.94. The summed E-state index contributed by atoms with van der Waals surface area (Å²) in [6.45, 7) is 4.16. The van der Waals surface area contributed by atoms with E-state index < -0.39 is 0 Å². The van der Waals surface area contributed by atoms with Crippen molar-refractivity contribution in [2.24, 2.45) is 5.92 Å². The lowest BCUT2D eigenvalue weighted by atomic mass is 10.1. The molecule has 1 saturated heterocycles. The number of hydrogen-bond acceptors (Lipinski definition) is 5. The summed E-state index contributed by atoms with van der Waals surface area (Å²) in [4.78, 5) is 26.1. The molecule has 142 valence electrons. The Morgan fingerprint density at radius 1 is 1.22 bits per heavy atom. The predicted molar refractivity (Wildman–Crippen MR) is 101 cm³/mol. The number of rotatable bonds is 7. The van der Waals surface area contributed by atoms with Gasteiger partial charge in [-0.05, 0) is 31.2 Å². The van der Waals surface area contributed by atoms with Crippen LogP contribution in [-0.2, 0) is 9.53 Å². The lowest BCUT2D eigenvalue weighted by molar-refractivity contribution is -0.128. The molecule has 1 unspecified atom stereocenters. The molecular weight excluding hydrogens is 344 g/mol. The molecule has 1 atom stereocenters. The van der Waals surface area contributed by atoms with Gasteiger partial charge in [-0.3, -0.25) is 9.59 Å². The van der Waals surface area contributed by atoms with Gasteiger partial charge in [0.2, 0.25) is 5.91 Å². The number of carbonyl (C=O) groups excluding carboxylic acids is 2. The van der Waals surface area contributed by atoms with Gasteiger partial charge in [-0.15, -0.1) is 0 Å². The number of carbonyl (C=O) groups is 2. The smallest absolute Gasteiger partial charge is 0.251 e. The Kier molecular flexibility index (Phi) is 6.13. The summed E-state index contributed by atoms with van der Waals surface area (Å²) in [6.07, 6.45) is 0.467. The molecular formula is C20H24N4O3. The second kappa shape index (κ2) is 8.73. The molecule has 0 aliphatic carbocycles. The molecule has 1 aromatic heterocycles. The molecule has 0 bridgehead atoms. The van der Waals surface area contributed by atoms with Crippen LogP contribution in [0.1, 0.15) is 22.5 Å². The number of methoxy groups -OCH3 is 1. The molecule has 1 aromatic carbocycles. The van der Waals surface area contributed by atoms with Crippen molar-refractivity contribution in [3.05, 3.63) is 47.7 Å². The molecule has 2 heterocycles. The number of benzene rings is 1. The van der Waals surface area contributed by atoms with Gasteiger partial charge in [-0.25, -0.2) is 0 Å². The summed E-state index contributed by atoms with van der Waals surface area (Å²) in [6, 6.07) is 11.1. The molecule has 0 saturated carbocycles. The quantitative estimate of drug-likeness (QED) is 0.804. The molecule has 27 heavy (non-hydrogen) atoms. The zero-order valence-corrected chi connectivity index (χ0v) is 15.6. The Balaban J connectivity index is 1.53. The number of likely N-dealkylation sites (tertiary alicyclic amines) is 1. The van der Waals surface area contributed by atoms with E-state index in [1.54, 1.807) is 24.1 Å². The van der Waals surface area contributed by atoms with Gasteiger partial charge < -0.3 is 15.0 Å². The first-order valence-electron chi connectivity index (χ1n) is 9.02. The maximum absolute atomic E-state index is 12.4. The SMILES string of the molecule is COCCN1CC(CNC(=O)c2ccc(-c3ccc(C)nn3)cc2)CC1=O. The molecule has 2 amide bonds. The van der Waals surface area contributed by atoms with Gasteiger partial charge >= 0.3 is 0 Å². The van der Waals surface area contributed by atoms with Crippen molar-refractivity contribution < 1.29 is 14.3 Å². The second-order valence-electron chi connectivity index (χ2n) is 6.75. The van der Waals surface area contributed by atoms with Crippen LogP contribution in [0.25, 0.3) is 11.3 Å². The van der Waals surface area contributed by atoms with Gasteiger partial charge in [0.15, 0.2) is 0 Å². The van der Waals surface area contributed by atoms with Crippen LogP contribution in [0.3, 0.4) is 0 Å². The van der Waals surface area contributed by atoms with Crippen LogP contribution in [0.15, 0.2) is 36.4 Å². The van der Waals surface area contributed by atoms with Crippen molar-refractivity contribution in [1.82, 2.24) is 20.4 Å². The third-order valence-corrected chi connectivity index (χ3v) is 4.65. The van der Waals surface area contributed by atoms with E-state index in [0.29, 0.717) is 38.2 Å². The first kappa shape index (κ1) is 19.0. The highest BCUT2D eigenvalue weighted by Crippen LogP contribution is 2.18. The van der Waals surface area contributed by atoms with Gasteiger partial charge in [0.1, 0.15) is 0 Å². The zero-order chi connectivity index (χ0) is 19.2. The van der Waals surface area contributed by atoms with Gasteiger partial charge in [0, 0.05) is 50.2 Å². The molecule has 0 spiro atoms. The molecule has 1 fully saturated rings. The summed E-state index contributed by atoms with van der Waals surface area (Å²) in [5.74, 6) is 0.120. The molecule has 0 radical (unpaired) electrons. The molecule has 7 nitrogen and oxygen atoms in total. The molecule has 1 aliphatic rings. The highest BCUT2D eigenvalue weighted by Gasteiger charge is 2.29. The van der Waals surface area contributed by atoms with Crippen LogP contribution in [0, 0.1) is 12.8 Å². The minimum absolute atomic E-state index is 0.120. The summed E-state index contributed by atoms with van der Waals surface area (Å²) in [7, 11) is 1.62. The van der Waals surface area contributed by atoms with E-state index in [0.717, 1.165) is 17.0 Å².